The molecule has 3 rings (SSSR count). The highest BCUT2D eigenvalue weighted by Crippen LogP contribution is 2.29. The Kier molecular flexibility index (Phi) is 11.3. The molecular formula is C31H36N4O7. The first-order chi connectivity index (χ1) is 20.1. The second-order valence-electron chi connectivity index (χ2n) is 9.42. The number of anilines is 1. The van der Waals surface area contributed by atoms with Crippen LogP contribution in [0.2, 0.25) is 0 Å². The normalized spacial score (nSPS) is 10.6. The molecule has 0 aliphatic rings. The van der Waals surface area contributed by atoms with Crippen molar-refractivity contribution in [1.82, 2.24) is 10.7 Å². The molecule has 0 radical (unpaired) electrons. The number of benzene rings is 3. The van der Waals surface area contributed by atoms with Gasteiger partial charge in [0, 0.05) is 12.2 Å². The van der Waals surface area contributed by atoms with Crippen LogP contribution in [0.25, 0.3) is 0 Å². The molecule has 222 valence electrons. The number of ether oxygens (including phenoxy) is 4. The van der Waals surface area contributed by atoms with E-state index in [1.54, 1.807) is 38.5 Å². The fourth-order valence-electron chi connectivity index (χ4n) is 4.23. The van der Waals surface area contributed by atoms with E-state index in [2.05, 4.69) is 21.2 Å². The average Bonchev–Trinajstić information content (AvgIpc) is 2.97. The number of hydrogen-bond acceptors (Lipinski definition) is 8. The van der Waals surface area contributed by atoms with Crippen molar-refractivity contribution in [3.8, 4) is 23.0 Å². The maximum absolute atomic E-state index is 12.5. The summed E-state index contributed by atoms with van der Waals surface area (Å²) in [4.78, 5) is 36.8. The number of carbonyl (C=O) groups excluding carboxylic acids is 3. The molecule has 0 heterocycles. The number of hydrogen-bond donors (Lipinski definition) is 3. The zero-order valence-electron chi connectivity index (χ0n) is 24.6. The lowest BCUT2D eigenvalue weighted by Gasteiger charge is -2.14. The highest BCUT2D eigenvalue weighted by atomic mass is 16.5. The quantitative estimate of drug-likeness (QED) is 0.171. The summed E-state index contributed by atoms with van der Waals surface area (Å²) in [5.41, 5.74) is 7.51. The molecule has 0 saturated heterocycles. The van der Waals surface area contributed by atoms with Gasteiger partial charge >= 0.3 is 11.8 Å². The first kappa shape index (κ1) is 31.5. The molecule has 0 spiro atoms. The van der Waals surface area contributed by atoms with E-state index in [0.717, 1.165) is 27.9 Å². The van der Waals surface area contributed by atoms with Crippen LogP contribution in [-0.4, -0.2) is 58.4 Å². The summed E-state index contributed by atoms with van der Waals surface area (Å²) in [5.74, 6) is -0.109. The number of nitrogens with one attached hydrogen (secondary N) is 3. The van der Waals surface area contributed by atoms with Gasteiger partial charge in [-0.15, -0.1) is 0 Å². The highest BCUT2D eigenvalue weighted by Gasteiger charge is 2.14. The Bertz CT molecular complexity index is 1450. The molecule has 3 aromatic carbocycles. The van der Waals surface area contributed by atoms with Crippen LogP contribution in [0.3, 0.4) is 0 Å². The summed E-state index contributed by atoms with van der Waals surface area (Å²) in [6.07, 6.45) is 1.85. The zero-order valence-corrected chi connectivity index (χ0v) is 24.6. The van der Waals surface area contributed by atoms with Gasteiger partial charge in [0.15, 0.2) is 29.6 Å². The number of methoxy groups -OCH3 is 3. The van der Waals surface area contributed by atoms with E-state index in [9.17, 15) is 14.4 Å². The number of hydrazone groups is 1. The summed E-state index contributed by atoms with van der Waals surface area (Å²) in [6.45, 7) is 5.91. The molecule has 11 nitrogen and oxygen atoms in total. The van der Waals surface area contributed by atoms with Crippen LogP contribution in [-0.2, 0) is 20.8 Å². The Morgan fingerprint density at radius 2 is 1.43 bits per heavy atom. The van der Waals surface area contributed by atoms with Gasteiger partial charge in [0.2, 0.25) is 0 Å². The van der Waals surface area contributed by atoms with Crippen molar-refractivity contribution in [2.24, 2.45) is 5.10 Å². The number of aryl methyl sites for hydroxylation is 3. The molecular weight excluding hydrogens is 540 g/mol. The molecule has 0 saturated carbocycles. The SMILES string of the molecule is COc1ccc(CCNC(=O)C(=O)N/N=C\c2ccc(OCC(=O)Nc3c(C)cc(C)cc3C)c(OC)c2)cc1OC. The van der Waals surface area contributed by atoms with Gasteiger partial charge in [-0.2, -0.15) is 5.10 Å². The molecule has 3 aromatic rings. The van der Waals surface area contributed by atoms with Crippen molar-refractivity contribution in [2.75, 3.05) is 39.8 Å². The van der Waals surface area contributed by atoms with E-state index in [1.807, 2.05) is 45.0 Å². The molecule has 0 aliphatic carbocycles. The van der Waals surface area contributed by atoms with E-state index < -0.39 is 11.8 Å². The fraction of sp³-hybridized carbons (Fsp3) is 0.290. The molecule has 42 heavy (non-hydrogen) atoms. The summed E-state index contributed by atoms with van der Waals surface area (Å²) in [7, 11) is 4.57. The summed E-state index contributed by atoms with van der Waals surface area (Å²) < 4.78 is 21.5. The van der Waals surface area contributed by atoms with Gasteiger partial charge in [-0.3, -0.25) is 14.4 Å². The predicted octanol–water partition coefficient (Wildman–Crippen LogP) is 3.46. The van der Waals surface area contributed by atoms with Crippen LogP contribution in [0.15, 0.2) is 53.6 Å². The van der Waals surface area contributed by atoms with E-state index in [0.29, 0.717) is 35.0 Å². The highest BCUT2D eigenvalue weighted by molar-refractivity contribution is 6.35. The minimum Gasteiger partial charge on any atom is -0.493 e. The van der Waals surface area contributed by atoms with Crippen LogP contribution in [0.5, 0.6) is 23.0 Å². The Morgan fingerprint density at radius 3 is 2.10 bits per heavy atom. The Hall–Kier alpha value is -5.06. The molecule has 0 aliphatic heterocycles. The average molecular weight is 577 g/mol. The maximum atomic E-state index is 12.5. The fourth-order valence-corrected chi connectivity index (χ4v) is 4.23. The summed E-state index contributed by atoms with van der Waals surface area (Å²) >= 11 is 0. The van der Waals surface area contributed by atoms with Crippen LogP contribution < -0.4 is 35.0 Å². The first-order valence-corrected chi connectivity index (χ1v) is 13.2. The summed E-state index contributed by atoms with van der Waals surface area (Å²) in [5, 5.41) is 9.29. The van der Waals surface area contributed by atoms with Crippen molar-refractivity contribution in [2.45, 2.75) is 27.2 Å². The largest absolute Gasteiger partial charge is 0.493 e. The molecule has 3 N–H and O–H groups in total. The molecule has 0 unspecified atom stereocenters. The standard InChI is InChI=1S/C31H36N4O7/c1-19-13-20(2)29(21(3)14-19)34-28(36)18-42-25-10-8-23(16-27(25)41-6)17-33-35-31(38)30(37)32-12-11-22-7-9-24(39-4)26(15-22)40-5/h7-10,13-17H,11-12,18H2,1-6H3,(H,32,37)(H,34,36)(H,35,38)/b33-17-. The number of amides is 3. The monoisotopic (exact) mass is 576 g/mol. The first-order valence-electron chi connectivity index (χ1n) is 13.2. The smallest absolute Gasteiger partial charge is 0.329 e. The zero-order chi connectivity index (χ0) is 30.6. The van der Waals surface area contributed by atoms with Crippen LogP contribution in [0, 0.1) is 20.8 Å². The number of nitrogens with zero attached hydrogens (tertiary/aromatic N) is 1. The predicted molar refractivity (Wildman–Crippen MR) is 160 cm³/mol. The van der Waals surface area contributed by atoms with Crippen molar-refractivity contribution in [3.63, 3.8) is 0 Å². The van der Waals surface area contributed by atoms with Crippen molar-refractivity contribution >= 4 is 29.6 Å². The van der Waals surface area contributed by atoms with E-state index in [4.69, 9.17) is 18.9 Å². The Morgan fingerprint density at radius 1 is 0.786 bits per heavy atom. The summed E-state index contributed by atoms with van der Waals surface area (Å²) in [6, 6.07) is 14.4. The minimum absolute atomic E-state index is 0.215. The van der Waals surface area contributed by atoms with Gasteiger partial charge in [0.1, 0.15) is 0 Å². The third kappa shape index (κ3) is 8.72. The number of rotatable bonds is 12. The lowest BCUT2D eigenvalue weighted by atomic mass is 10.1. The van der Waals surface area contributed by atoms with Gasteiger partial charge in [-0.05, 0) is 79.8 Å². The van der Waals surface area contributed by atoms with Gasteiger partial charge in [-0.25, -0.2) is 5.43 Å². The van der Waals surface area contributed by atoms with Crippen molar-refractivity contribution in [3.05, 3.63) is 76.3 Å². The second kappa shape index (κ2) is 15.1. The number of carbonyl (C=O) groups is 3. The molecule has 0 atom stereocenters. The van der Waals surface area contributed by atoms with E-state index in [1.165, 1.54) is 13.3 Å². The van der Waals surface area contributed by atoms with Gasteiger partial charge in [0.05, 0.1) is 27.5 Å². The third-order valence-corrected chi connectivity index (χ3v) is 6.22. The topological polar surface area (TPSA) is 137 Å². The Labute approximate surface area is 245 Å². The lowest BCUT2D eigenvalue weighted by molar-refractivity contribution is -0.139. The third-order valence-electron chi connectivity index (χ3n) is 6.22. The van der Waals surface area contributed by atoms with E-state index >= 15 is 0 Å². The van der Waals surface area contributed by atoms with Gasteiger partial charge in [-0.1, -0.05) is 23.8 Å². The molecule has 0 fully saturated rings. The Balaban J connectivity index is 1.48. The minimum atomic E-state index is -0.907. The second-order valence-corrected chi connectivity index (χ2v) is 9.42. The van der Waals surface area contributed by atoms with Gasteiger partial charge in [0.25, 0.3) is 5.91 Å². The van der Waals surface area contributed by atoms with Crippen LogP contribution in [0.4, 0.5) is 5.69 Å². The van der Waals surface area contributed by atoms with E-state index in [-0.39, 0.29) is 19.1 Å². The van der Waals surface area contributed by atoms with Crippen LogP contribution >= 0.6 is 0 Å². The molecule has 0 bridgehead atoms. The maximum Gasteiger partial charge on any atom is 0.329 e. The lowest BCUT2D eigenvalue weighted by Crippen LogP contribution is -2.38. The van der Waals surface area contributed by atoms with Crippen molar-refractivity contribution < 1.29 is 33.3 Å². The van der Waals surface area contributed by atoms with Gasteiger partial charge < -0.3 is 29.6 Å². The molecule has 11 heteroatoms. The van der Waals surface area contributed by atoms with Crippen LogP contribution in [0.1, 0.15) is 27.8 Å². The molecule has 3 amide bonds. The molecule has 0 aromatic heterocycles. The van der Waals surface area contributed by atoms with Crippen molar-refractivity contribution in [1.29, 1.82) is 0 Å².